The Morgan fingerprint density at radius 1 is 0.489 bits per heavy atom. The monoisotopic (exact) mass is 1230 g/mol. The third-order valence-corrected chi connectivity index (χ3v) is 25.2. The van der Waals surface area contributed by atoms with E-state index in [0.29, 0.717) is 5.25 Å². The Kier molecular flexibility index (Phi) is 12.1. The lowest BCUT2D eigenvalue weighted by Crippen LogP contribution is -2.26. The summed E-state index contributed by atoms with van der Waals surface area (Å²) in [6, 6.07) is 69.6. The van der Waals surface area contributed by atoms with Crippen LogP contribution in [0.1, 0.15) is 88.3 Å². The molecule has 0 bridgehead atoms. The summed E-state index contributed by atoms with van der Waals surface area (Å²) >= 11 is 9.92. The minimum Gasteiger partial charge on any atom is -0.456 e. The Morgan fingerprint density at radius 3 is 1.72 bits per heavy atom. The number of fused-ring (bicyclic) bond motifs is 18. The molecule has 10 aromatic carbocycles. The summed E-state index contributed by atoms with van der Waals surface area (Å²) in [7, 11) is 0. The molecule has 3 atom stereocenters. The molecule has 3 aliphatic heterocycles. The average Bonchev–Trinajstić information content (AvgIpc) is 1.57. The maximum Gasteiger partial charge on any atom is 0.137 e. The molecule has 18 rings (SSSR count). The highest BCUT2D eigenvalue weighted by atomic mass is 32.2. The summed E-state index contributed by atoms with van der Waals surface area (Å²) in [5.74, 6) is 1.11. The molecule has 0 radical (unpaired) electrons. The van der Waals surface area contributed by atoms with Gasteiger partial charge in [0.1, 0.15) is 22.3 Å². The van der Waals surface area contributed by atoms with E-state index in [9.17, 15) is 0 Å². The zero-order chi connectivity index (χ0) is 58.9. The molecule has 10 heteroatoms. The quantitative estimate of drug-likeness (QED) is 0.150. The van der Waals surface area contributed by atoms with Crippen LogP contribution in [0.4, 0.5) is 22.7 Å². The van der Waals surface area contributed by atoms with E-state index in [1.807, 2.05) is 46.2 Å². The predicted octanol–water partition coefficient (Wildman–Crippen LogP) is 24.4. The first kappa shape index (κ1) is 53.5. The minimum atomic E-state index is -0.0219. The minimum absolute atomic E-state index is 0.0181. The maximum absolute atomic E-state index is 6.95. The van der Waals surface area contributed by atoms with Gasteiger partial charge in [0.2, 0.25) is 0 Å². The van der Waals surface area contributed by atoms with Crippen molar-refractivity contribution in [3.05, 3.63) is 216 Å². The van der Waals surface area contributed by atoms with Crippen molar-refractivity contribution >= 4 is 187 Å². The molecular formula is C78H63N3O2S5. The second-order valence-corrected chi connectivity index (χ2v) is 32.1. The van der Waals surface area contributed by atoms with E-state index in [-0.39, 0.29) is 21.6 Å². The van der Waals surface area contributed by atoms with Gasteiger partial charge < -0.3 is 23.2 Å². The zero-order valence-electron chi connectivity index (χ0n) is 49.9. The van der Waals surface area contributed by atoms with Gasteiger partial charge in [-0.05, 0) is 149 Å². The van der Waals surface area contributed by atoms with E-state index in [1.54, 1.807) is 0 Å². The molecule has 15 aromatic rings. The molecule has 5 aromatic heterocycles. The fourth-order valence-electron chi connectivity index (χ4n) is 14.7. The SMILES string of the molecule is CC(C)(C)c1ccc2c(c1)oc1cccc(N(c3cc4c(c5c3sc3ccccc35)c3c5sc6ccccc6c5c(N(c5cccc6oc7cc(C(C)(C)C)ccc7c56)C5CCCS5)cc3n4-c3ccc(C4Cc5ccccc5S4)cc3)C3CC=CS3)c12. The Labute approximate surface area is 532 Å². The molecular weight excluding hydrogens is 1170 g/mol. The third-order valence-electron chi connectivity index (χ3n) is 19.0. The second kappa shape index (κ2) is 20.0. The van der Waals surface area contributed by atoms with E-state index in [4.69, 9.17) is 8.83 Å². The van der Waals surface area contributed by atoms with E-state index in [2.05, 4.69) is 261 Å². The summed E-state index contributed by atoms with van der Waals surface area (Å²) in [6.07, 6.45) is 6.52. The van der Waals surface area contributed by atoms with Crippen LogP contribution in [0.15, 0.2) is 207 Å². The van der Waals surface area contributed by atoms with Gasteiger partial charge in [-0.2, -0.15) is 0 Å². The van der Waals surface area contributed by atoms with Crippen LogP contribution >= 0.6 is 58.0 Å². The molecule has 432 valence electrons. The van der Waals surface area contributed by atoms with Gasteiger partial charge in [0.15, 0.2) is 0 Å². The first-order valence-corrected chi connectivity index (χ1v) is 35.4. The summed E-state index contributed by atoms with van der Waals surface area (Å²) < 4.78 is 21.7. The number of hydrogen-bond acceptors (Lipinski definition) is 9. The highest BCUT2D eigenvalue weighted by Crippen LogP contribution is 2.58. The normalized spacial score (nSPS) is 17.4. The van der Waals surface area contributed by atoms with Gasteiger partial charge >= 0.3 is 0 Å². The largest absolute Gasteiger partial charge is 0.456 e. The van der Waals surface area contributed by atoms with Crippen LogP contribution < -0.4 is 9.80 Å². The van der Waals surface area contributed by atoms with Crippen molar-refractivity contribution in [1.82, 2.24) is 4.57 Å². The molecule has 3 unspecified atom stereocenters. The molecule has 3 aliphatic rings. The van der Waals surface area contributed by atoms with Crippen LogP contribution in [-0.2, 0) is 17.3 Å². The molecule has 8 heterocycles. The molecule has 0 spiro atoms. The van der Waals surface area contributed by atoms with Crippen LogP contribution in [0, 0.1) is 0 Å². The number of nitrogens with zero attached hydrogens (tertiary/aromatic N) is 3. The van der Waals surface area contributed by atoms with Crippen molar-refractivity contribution in [3.8, 4) is 5.69 Å². The van der Waals surface area contributed by atoms with E-state index in [0.717, 1.165) is 81.3 Å². The van der Waals surface area contributed by atoms with Gasteiger partial charge in [0, 0.05) is 73.0 Å². The van der Waals surface area contributed by atoms with Gasteiger partial charge in [0.05, 0.1) is 60.0 Å². The summed E-state index contributed by atoms with van der Waals surface area (Å²) in [5.41, 5.74) is 17.4. The van der Waals surface area contributed by atoms with E-state index < -0.39 is 0 Å². The fourth-order valence-corrected chi connectivity index (χ4v) is 20.8. The van der Waals surface area contributed by atoms with Gasteiger partial charge in [-0.15, -0.1) is 58.0 Å². The van der Waals surface area contributed by atoms with E-state index in [1.165, 1.54) is 112 Å². The second-order valence-electron chi connectivity index (χ2n) is 26.4. The van der Waals surface area contributed by atoms with Gasteiger partial charge in [-0.3, -0.25) is 0 Å². The van der Waals surface area contributed by atoms with Gasteiger partial charge in [-0.1, -0.05) is 151 Å². The molecule has 0 N–H and O–H groups in total. The van der Waals surface area contributed by atoms with Crippen molar-refractivity contribution in [1.29, 1.82) is 0 Å². The van der Waals surface area contributed by atoms with E-state index >= 15 is 0 Å². The first-order chi connectivity index (χ1) is 42.9. The Balaban J connectivity index is 0.971. The topological polar surface area (TPSA) is 37.7 Å². The number of thiophene rings is 2. The molecule has 1 fully saturated rings. The molecule has 0 saturated carbocycles. The van der Waals surface area contributed by atoms with Crippen LogP contribution in [0.2, 0.25) is 0 Å². The first-order valence-electron chi connectivity index (χ1n) is 30.9. The van der Waals surface area contributed by atoms with Crippen molar-refractivity contribution in [2.45, 2.75) is 98.9 Å². The summed E-state index contributed by atoms with van der Waals surface area (Å²) in [5, 5.41) is 15.4. The van der Waals surface area contributed by atoms with Crippen LogP contribution in [0.3, 0.4) is 0 Å². The lowest BCUT2D eigenvalue weighted by Gasteiger charge is -2.32. The number of furan rings is 2. The number of benzene rings is 10. The van der Waals surface area contributed by atoms with Crippen molar-refractivity contribution in [2.75, 3.05) is 15.6 Å². The lowest BCUT2D eigenvalue weighted by molar-refractivity contribution is 0.587. The number of hydrogen-bond donors (Lipinski definition) is 0. The highest BCUT2D eigenvalue weighted by molar-refractivity contribution is 8.03. The molecule has 1 saturated heterocycles. The number of thioether (sulfide) groups is 3. The molecule has 5 nitrogen and oxygen atoms in total. The van der Waals surface area contributed by atoms with Gasteiger partial charge in [0.25, 0.3) is 0 Å². The predicted molar refractivity (Wildman–Crippen MR) is 385 cm³/mol. The Bertz CT molecular complexity index is 5390. The number of aromatic nitrogens is 1. The van der Waals surface area contributed by atoms with Crippen LogP contribution in [0.5, 0.6) is 0 Å². The lowest BCUT2D eigenvalue weighted by atomic mass is 9.86. The maximum atomic E-state index is 6.95. The summed E-state index contributed by atoms with van der Waals surface area (Å²) in [4.78, 5) is 6.84. The number of anilines is 4. The van der Waals surface area contributed by atoms with Gasteiger partial charge in [-0.25, -0.2) is 0 Å². The number of rotatable bonds is 8. The van der Waals surface area contributed by atoms with Crippen molar-refractivity contribution in [3.63, 3.8) is 0 Å². The summed E-state index contributed by atoms with van der Waals surface area (Å²) in [6.45, 7) is 13.7. The Morgan fingerprint density at radius 2 is 1.09 bits per heavy atom. The average molecular weight is 1230 g/mol. The fraction of sp³-hybridized carbons (Fsp3) is 0.205. The van der Waals surface area contributed by atoms with Crippen molar-refractivity contribution in [2.24, 2.45) is 0 Å². The standard InChI is InChI=1S/C78H63N3O2S5/c1-77(2,3)46-31-35-49-61(40-46)82-59-22-13-20-53(69(49)59)80(67-27-15-37-84-67)55-42-57-74(76-71(55)51-18-8-11-25-64(51)88-76)73-56(79(57)48-33-29-44(30-34-48)66-39-45-17-7-10-24-63(45)86-66)43-58(75-72(73)52-19-9-12-26-65(52)87-75)81(68-28-16-38-85-68)54-21-14-23-60-70(54)50-36-32-47(78(4,5)6)41-62(50)83-60/h7-14,16-26,29-36,38,40-43,66-68H,15,27-28,37,39H2,1-6H3. The van der Waals surface area contributed by atoms with Crippen molar-refractivity contribution < 1.29 is 8.83 Å². The van der Waals surface area contributed by atoms with Crippen LogP contribution in [-0.4, -0.2) is 21.1 Å². The highest BCUT2D eigenvalue weighted by Gasteiger charge is 2.36. The third kappa shape index (κ3) is 8.20. The molecule has 88 heavy (non-hydrogen) atoms. The molecule has 0 aliphatic carbocycles. The molecule has 0 amide bonds. The smallest absolute Gasteiger partial charge is 0.137 e. The van der Waals surface area contributed by atoms with Crippen LogP contribution in [0.25, 0.3) is 112 Å². The Hall–Kier alpha value is -7.57. The zero-order valence-corrected chi connectivity index (χ0v) is 54.0.